The van der Waals surface area contributed by atoms with Crippen molar-refractivity contribution in [2.75, 3.05) is 43.7 Å². The van der Waals surface area contributed by atoms with E-state index in [2.05, 4.69) is 14.9 Å². The Hall–Kier alpha value is -2.25. The van der Waals surface area contributed by atoms with Crippen molar-refractivity contribution in [3.8, 4) is 5.75 Å². The van der Waals surface area contributed by atoms with Crippen LogP contribution < -0.4 is 14.5 Å². The highest BCUT2D eigenvalue weighted by Gasteiger charge is 2.24. The summed E-state index contributed by atoms with van der Waals surface area (Å²) in [7, 11) is 3.19. The van der Waals surface area contributed by atoms with Gasteiger partial charge < -0.3 is 24.3 Å². The molecule has 7 nitrogen and oxygen atoms in total. The first-order chi connectivity index (χ1) is 11.6. The Morgan fingerprint density at radius 3 is 3.08 bits per heavy atom. The Bertz CT molecular complexity index is 720. The molecule has 0 unspecified atom stereocenters. The summed E-state index contributed by atoms with van der Waals surface area (Å²) < 4.78 is 10.6. The molecule has 0 aliphatic carbocycles. The highest BCUT2D eigenvalue weighted by molar-refractivity contribution is 6.33. The quantitative estimate of drug-likeness (QED) is 0.894. The summed E-state index contributed by atoms with van der Waals surface area (Å²) in [6.07, 6.45) is 3.51. The minimum Gasteiger partial charge on any atom is -0.488 e. The molecular formula is C16H19ClN4O3. The number of likely N-dealkylation sites (N-methyl/N-ethyl adjacent to an activating group) is 1. The number of amides is 1. The van der Waals surface area contributed by atoms with Crippen molar-refractivity contribution < 1.29 is 14.3 Å². The molecule has 3 rings (SSSR count). The number of imidazole rings is 1. The van der Waals surface area contributed by atoms with E-state index in [1.165, 1.54) is 12.0 Å². The third-order valence-corrected chi connectivity index (χ3v) is 4.17. The van der Waals surface area contributed by atoms with Gasteiger partial charge in [0.25, 0.3) is 5.91 Å². The van der Waals surface area contributed by atoms with E-state index in [1.807, 2.05) is 12.3 Å². The molecule has 0 saturated heterocycles. The van der Waals surface area contributed by atoms with Crippen molar-refractivity contribution in [3.63, 3.8) is 0 Å². The van der Waals surface area contributed by atoms with Crippen LogP contribution in [0.5, 0.6) is 5.75 Å². The minimum absolute atomic E-state index is 0.0126. The van der Waals surface area contributed by atoms with Crippen LogP contribution in [-0.2, 0) is 16.1 Å². The number of H-pyrrole nitrogens is 1. The van der Waals surface area contributed by atoms with Crippen LogP contribution in [0.15, 0.2) is 24.7 Å². The molecule has 0 radical (unpaired) electrons. The Labute approximate surface area is 145 Å². The van der Waals surface area contributed by atoms with Gasteiger partial charge in [0.05, 0.1) is 35.8 Å². The second kappa shape index (κ2) is 7.11. The number of anilines is 2. The summed E-state index contributed by atoms with van der Waals surface area (Å²) in [5, 5.41) is 0.478. The summed E-state index contributed by atoms with van der Waals surface area (Å²) in [6.45, 7) is 1.92. The van der Waals surface area contributed by atoms with Gasteiger partial charge >= 0.3 is 0 Å². The van der Waals surface area contributed by atoms with Crippen molar-refractivity contribution in [2.24, 2.45) is 0 Å². The number of methoxy groups -OCH3 is 1. The van der Waals surface area contributed by atoms with Gasteiger partial charge in [-0.05, 0) is 12.1 Å². The number of halogens is 1. The number of fused-ring (bicyclic) bond motifs is 1. The molecule has 2 aromatic rings. The van der Waals surface area contributed by atoms with E-state index in [1.54, 1.807) is 19.4 Å². The molecule has 1 amide bonds. The number of carbonyl (C=O) groups excluding carboxylic acids is 1. The van der Waals surface area contributed by atoms with Crippen LogP contribution in [-0.4, -0.2) is 49.8 Å². The maximum absolute atomic E-state index is 12.1. The molecule has 1 aliphatic rings. The second-order valence-corrected chi connectivity index (χ2v) is 5.90. The van der Waals surface area contributed by atoms with Gasteiger partial charge in [-0.15, -0.1) is 0 Å². The molecule has 0 bridgehead atoms. The van der Waals surface area contributed by atoms with E-state index in [-0.39, 0.29) is 12.5 Å². The molecule has 0 saturated carbocycles. The SMILES string of the molecule is COCC(=O)N(C)c1cc(Cl)c2c(c1)N(Cc1c[nH]cn1)CCO2. The fraction of sp³-hybridized carbons (Fsp3) is 0.375. The molecule has 1 aliphatic heterocycles. The zero-order valence-corrected chi connectivity index (χ0v) is 14.3. The molecule has 0 spiro atoms. The average Bonchev–Trinajstić information content (AvgIpc) is 3.08. The molecule has 8 heteroatoms. The van der Waals surface area contributed by atoms with Gasteiger partial charge in [-0.25, -0.2) is 4.98 Å². The first-order valence-electron chi connectivity index (χ1n) is 7.54. The van der Waals surface area contributed by atoms with Gasteiger partial charge in [0.15, 0.2) is 5.75 Å². The van der Waals surface area contributed by atoms with Crippen LogP contribution >= 0.6 is 11.6 Å². The summed E-state index contributed by atoms with van der Waals surface area (Å²) in [5.41, 5.74) is 2.47. The number of carbonyl (C=O) groups is 1. The maximum Gasteiger partial charge on any atom is 0.252 e. The predicted molar refractivity (Wildman–Crippen MR) is 91.9 cm³/mol. The predicted octanol–water partition coefficient (Wildman–Crippen LogP) is 2.07. The molecule has 1 N–H and O–H groups in total. The van der Waals surface area contributed by atoms with E-state index in [4.69, 9.17) is 21.1 Å². The van der Waals surface area contributed by atoms with Crippen molar-refractivity contribution >= 4 is 28.9 Å². The number of nitrogens with zero attached hydrogens (tertiary/aromatic N) is 3. The Kier molecular flexibility index (Phi) is 4.92. The van der Waals surface area contributed by atoms with E-state index in [9.17, 15) is 4.79 Å². The van der Waals surface area contributed by atoms with E-state index < -0.39 is 0 Å². The number of benzene rings is 1. The number of aromatic nitrogens is 2. The number of nitrogens with one attached hydrogen (secondary N) is 1. The fourth-order valence-electron chi connectivity index (χ4n) is 2.62. The third kappa shape index (κ3) is 3.32. The summed E-state index contributed by atoms with van der Waals surface area (Å²) in [4.78, 5) is 22.9. The number of ether oxygens (including phenoxy) is 2. The average molecular weight is 351 g/mol. The number of hydrogen-bond donors (Lipinski definition) is 1. The monoisotopic (exact) mass is 350 g/mol. The summed E-state index contributed by atoms with van der Waals surface area (Å²) in [6, 6.07) is 3.63. The van der Waals surface area contributed by atoms with Gasteiger partial charge in [-0.3, -0.25) is 4.79 Å². The number of hydrogen-bond acceptors (Lipinski definition) is 5. The molecule has 1 aromatic heterocycles. The molecule has 2 heterocycles. The lowest BCUT2D eigenvalue weighted by Crippen LogP contribution is -2.33. The fourth-order valence-corrected chi connectivity index (χ4v) is 2.88. The lowest BCUT2D eigenvalue weighted by molar-refractivity contribution is -0.121. The molecule has 24 heavy (non-hydrogen) atoms. The van der Waals surface area contributed by atoms with E-state index >= 15 is 0 Å². The maximum atomic E-state index is 12.1. The number of aromatic amines is 1. The van der Waals surface area contributed by atoms with Gasteiger partial charge in [0.2, 0.25) is 0 Å². The zero-order valence-electron chi connectivity index (χ0n) is 13.6. The molecule has 0 atom stereocenters. The van der Waals surface area contributed by atoms with Crippen LogP contribution in [0, 0.1) is 0 Å². The van der Waals surface area contributed by atoms with Gasteiger partial charge in [-0.1, -0.05) is 11.6 Å². The standard InChI is InChI=1S/C16H19ClN4O3/c1-20(15(22)9-23-2)12-5-13(17)16-14(6-12)21(3-4-24-16)8-11-7-18-10-19-11/h5-7,10H,3-4,8-9H2,1-2H3,(H,18,19). The Morgan fingerprint density at radius 2 is 2.38 bits per heavy atom. The molecule has 1 aromatic carbocycles. The van der Waals surface area contributed by atoms with Gasteiger partial charge in [0, 0.05) is 26.0 Å². The molecular weight excluding hydrogens is 332 g/mol. The van der Waals surface area contributed by atoms with E-state index in [0.29, 0.717) is 29.6 Å². The van der Waals surface area contributed by atoms with Crippen LogP contribution in [0.2, 0.25) is 5.02 Å². The van der Waals surface area contributed by atoms with Gasteiger partial charge in [-0.2, -0.15) is 0 Å². The van der Waals surface area contributed by atoms with Crippen LogP contribution in [0.25, 0.3) is 0 Å². The largest absolute Gasteiger partial charge is 0.488 e. The number of rotatable bonds is 5. The normalized spacial score (nSPS) is 13.4. The first kappa shape index (κ1) is 16.6. The van der Waals surface area contributed by atoms with Crippen molar-refractivity contribution in [1.82, 2.24) is 9.97 Å². The van der Waals surface area contributed by atoms with Crippen LogP contribution in [0.4, 0.5) is 11.4 Å². The highest BCUT2D eigenvalue weighted by atomic mass is 35.5. The smallest absolute Gasteiger partial charge is 0.252 e. The molecule has 128 valence electrons. The van der Waals surface area contributed by atoms with Crippen molar-refractivity contribution in [3.05, 3.63) is 35.4 Å². The minimum atomic E-state index is -0.149. The van der Waals surface area contributed by atoms with Crippen molar-refractivity contribution in [2.45, 2.75) is 6.54 Å². The van der Waals surface area contributed by atoms with Crippen molar-refractivity contribution in [1.29, 1.82) is 0 Å². The second-order valence-electron chi connectivity index (χ2n) is 5.49. The first-order valence-corrected chi connectivity index (χ1v) is 7.92. The third-order valence-electron chi connectivity index (χ3n) is 3.89. The van der Waals surface area contributed by atoms with Crippen LogP contribution in [0.1, 0.15) is 5.69 Å². The van der Waals surface area contributed by atoms with Crippen LogP contribution in [0.3, 0.4) is 0 Å². The highest BCUT2D eigenvalue weighted by Crippen LogP contribution is 2.42. The molecule has 0 fully saturated rings. The van der Waals surface area contributed by atoms with Gasteiger partial charge in [0.1, 0.15) is 13.2 Å². The zero-order chi connectivity index (χ0) is 17.1. The topological polar surface area (TPSA) is 70.7 Å². The Morgan fingerprint density at radius 1 is 1.54 bits per heavy atom. The lowest BCUT2D eigenvalue weighted by atomic mass is 10.2. The lowest BCUT2D eigenvalue weighted by Gasteiger charge is -2.32. The summed E-state index contributed by atoms with van der Waals surface area (Å²) >= 11 is 6.38. The van der Waals surface area contributed by atoms with E-state index in [0.717, 1.165) is 17.9 Å². The Balaban J connectivity index is 1.92. The summed E-state index contributed by atoms with van der Waals surface area (Å²) in [5.74, 6) is 0.485.